The number of imide groups is 1. The normalized spacial score (nSPS) is 21.1. The van der Waals surface area contributed by atoms with E-state index in [1.807, 2.05) is 0 Å². The summed E-state index contributed by atoms with van der Waals surface area (Å²) in [6.45, 7) is 3.11. The van der Waals surface area contributed by atoms with Crippen LogP contribution in [0.5, 0.6) is 0 Å². The standard InChI is InChI=1S/C11H16N2O2/c1-8-7-10(14)13(11(8)15)6-2-5-12-9-3-4-9/h7,9,12H,2-6H2,1H3. The Bertz CT molecular complexity index is 319. The van der Waals surface area contributed by atoms with Gasteiger partial charge in [0, 0.05) is 24.2 Å². The van der Waals surface area contributed by atoms with Crippen LogP contribution in [0.25, 0.3) is 0 Å². The first-order chi connectivity index (χ1) is 7.18. The summed E-state index contributed by atoms with van der Waals surface area (Å²) in [6.07, 6.45) is 4.79. The van der Waals surface area contributed by atoms with Crippen molar-refractivity contribution in [1.29, 1.82) is 0 Å². The molecule has 0 spiro atoms. The number of hydrogen-bond acceptors (Lipinski definition) is 3. The topological polar surface area (TPSA) is 49.4 Å². The molecule has 0 unspecified atom stereocenters. The second-order valence-corrected chi connectivity index (χ2v) is 4.20. The van der Waals surface area contributed by atoms with Crippen LogP contribution in [0.15, 0.2) is 11.6 Å². The Hall–Kier alpha value is -1.16. The summed E-state index contributed by atoms with van der Waals surface area (Å²) < 4.78 is 0. The highest BCUT2D eigenvalue weighted by atomic mass is 16.2. The van der Waals surface area contributed by atoms with Crippen LogP contribution in [-0.4, -0.2) is 35.8 Å². The number of nitrogens with zero attached hydrogens (tertiary/aromatic N) is 1. The molecule has 1 heterocycles. The molecule has 2 aliphatic rings. The van der Waals surface area contributed by atoms with Crippen LogP contribution in [0.4, 0.5) is 0 Å². The number of nitrogens with one attached hydrogen (secondary N) is 1. The van der Waals surface area contributed by atoms with Gasteiger partial charge in [-0.25, -0.2) is 0 Å². The van der Waals surface area contributed by atoms with E-state index in [4.69, 9.17) is 0 Å². The summed E-state index contributed by atoms with van der Waals surface area (Å²) in [4.78, 5) is 24.1. The molecule has 0 bridgehead atoms. The lowest BCUT2D eigenvalue weighted by Crippen LogP contribution is -2.33. The van der Waals surface area contributed by atoms with Gasteiger partial charge in [-0.1, -0.05) is 0 Å². The zero-order valence-electron chi connectivity index (χ0n) is 8.95. The maximum Gasteiger partial charge on any atom is 0.256 e. The number of hydrogen-bond donors (Lipinski definition) is 1. The van der Waals surface area contributed by atoms with Gasteiger partial charge in [-0.3, -0.25) is 14.5 Å². The van der Waals surface area contributed by atoms with Gasteiger partial charge in [0.2, 0.25) is 0 Å². The quantitative estimate of drug-likeness (QED) is 0.527. The minimum absolute atomic E-state index is 0.133. The van der Waals surface area contributed by atoms with E-state index in [0.29, 0.717) is 18.2 Å². The highest BCUT2D eigenvalue weighted by molar-refractivity contribution is 6.15. The van der Waals surface area contributed by atoms with Crippen molar-refractivity contribution in [1.82, 2.24) is 10.2 Å². The molecule has 2 amide bonds. The third-order valence-corrected chi connectivity index (χ3v) is 2.76. The zero-order valence-corrected chi connectivity index (χ0v) is 8.95. The first-order valence-corrected chi connectivity index (χ1v) is 5.46. The number of rotatable bonds is 5. The minimum atomic E-state index is -0.163. The van der Waals surface area contributed by atoms with Crippen LogP contribution in [0, 0.1) is 0 Å². The van der Waals surface area contributed by atoms with E-state index in [1.165, 1.54) is 23.8 Å². The second kappa shape index (κ2) is 4.14. The van der Waals surface area contributed by atoms with Crippen LogP contribution in [-0.2, 0) is 9.59 Å². The summed E-state index contributed by atoms with van der Waals surface area (Å²) in [5.41, 5.74) is 0.551. The highest BCUT2D eigenvalue weighted by Gasteiger charge is 2.27. The van der Waals surface area contributed by atoms with E-state index in [-0.39, 0.29) is 11.8 Å². The Labute approximate surface area is 89.3 Å². The highest BCUT2D eigenvalue weighted by Crippen LogP contribution is 2.18. The fourth-order valence-corrected chi connectivity index (χ4v) is 1.68. The summed E-state index contributed by atoms with van der Waals surface area (Å²) in [6, 6.07) is 0.690. The van der Waals surface area contributed by atoms with E-state index in [9.17, 15) is 9.59 Å². The van der Waals surface area contributed by atoms with Crippen molar-refractivity contribution in [2.45, 2.75) is 32.2 Å². The Morgan fingerprint density at radius 2 is 2.20 bits per heavy atom. The van der Waals surface area contributed by atoms with Crippen molar-refractivity contribution in [2.24, 2.45) is 0 Å². The molecular weight excluding hydrogens is 192 g/mol. The van der Waals surface area contributed by atoms with Crippen molar-refractivity contribution in [3.05, 3.63) is 11.6 Å². The molecule has 1 saturated carbocycles. The van der Waals surface area contributed by atoms with Crippen LogP contribution in [0.3, 0.4) is 0 Å². The predicted octanol–water partition coefficient (Wildman–Crippen LogP) is 0.444. The maximum atomic E-state index is 11.5. The predicted molar refractivity (Wildman–Crippen MR) is 56.1 cm³/mol. The molecule has 1 N–H and O–H groups in total. The summed E-state index contributed by atoms with van der Waals surface area (Å²) in [5.74, 6) is -0.296. The first kappa shape index (κ1) is 10.4. The molecule has 4 nitrogen and oxygen atoms in total. The third kappa shape index (κ3) is 2.45. The van der Waals surface area contributed by atoms with Gasteiger partial charge in [0.05, 0.1) is 0 Å². The van der Waals surface area contributed by atoms with Crippen molar-refractivity contribution in [3.8, 4) is 0 Å². The van der Waals surface area contributed by atoms with Gasteiger partial charge in [0.15, 0.2) is 0 Å². The van der Waals surface area contributed by atoms with E-state index in [2.05, 4.69) is 5.32 Å². The van der Waals surface area contributed by atoms with E-state index in [0.717, 1.165) is 13.0 Å². The minimum Gasteiger partial charge on any atom is -0.314 e. The average molecular weight is 208 g/mol. The lowest BCUT2D eigenvalue weighted by Gasteiger charge is -2.14. The molecule has 1 aliphatic heterocycles. The fourth-order valence-electron chi connectivity index (χ4n) is 1.68. The third-order valence-electron chi connectivity index (χ3n) is 2.76. The molecule has 82 valence electrons. The van der Waals surface area contributed by atoms with Gasteiger partial charge in [-0.2, -0.15) is 0 Å². The Morgan fingerprint density at radius 3 is 2.73 bits per heavy atom. The van der Waals surface area contributed by atoms with Crippen LogP contribution >= 0.6 is 0 Å². The summed E-state index contributed by atoms with van der Waals surface area (Å²) in [5, 5.41) is 3.36. The molecule has 1 aliphatic carbocycles. The molecule has 0 aromatic rings. The Kier molecular flexibility index (Phi) is 2.86. The van der Waals surface area contributed by atoms with E-state index >= 15 is 0 Å². The van der Waals surface area contributed by atoms with Gasteiger partial charge in [-0.05, 0) is 32.7 Å². The van der Waals surface area contributed by atoms with Gasteiger partial charge in [0.1, 0.15) is 0 Å². The van der Waals surface area contributed by atoms with Gasteiger partial charge in [0.25, 0.3) is 11.8 Å². The maximum absolute atomic E-state index is 11.5. The number of carbonyl (C=O) groups is 2. The van der Waals surface area contributed by atoms with Crippen LogP contribution in [0.1, 0.15) is 26.2 Å². The first-order valence-electron chi connectivity index (χ1n) is 5.46. The van der Waals surface area contributed by atoms with Gasteiger partial charge >= 0.3 is 0 Å². The molecule has 0 saturated heterocycles. The van der Waals surface area contributed by atoms with Crippen molar-refractivity contribution in [2.75, 3.05) is 13.1 Å². The molecule has 1 fully saturated rings. The smallest absolute Gasteiger partial charge is 0.256 e. The monoisotopic (exact) mass is 208 g/mol. The number of carbonyl (C=O) groups excluding carboxylic acids is 2. The van der Waals surface area contributed by atoms with Crippen LogP contribution < -0.4 is 5.32 Å². The van der Waals surface area contributed by atoms with Crippen molar-refractivity contribution >= 4 is 11.8 Å². The summed E-state index contributed by atoms with van der Waals surface area (Å²) in [7, 11) is 0. The summed E-state index contributed by atoms with van der Waals surface area (Å²) >= 11 is 0. The Morgan fingerprint density at radius 1 is 1.47 bits per heavy atom. The SMILES string of the molecule is CC1=CC(=O)N(CCCNC2CC2)C1=O. The lowest BCUT2D eigenvalue weighted by molar-refractivity contribution is -0.137. The van der Waals surface area contributed by atoms with Gasteiger partial charge < -0.3 is 5.32 Å². The molecule has 15 heavy (non-hydrogen) atoms. The molecular formula is C11H16N2O2. The molecule has 0 atom stereocenters. The fraction of sp³-hybridized carbons (Fsp3) is 0.636. The molecule has 0 aromatic carbocycles. The van der Waals surface area contributed by atoms with Crippen molar-refractivity contribution in [3.63, 3.8) is 0 Å². The molecule has 0 radical (unpaired) electrons. The zero-order chi connectivity index (χ0) is 10.8. The van der Waals surface area contributed by atoms with E-state index in [1.54, 1.807) is 6.92 Å². The van der Waals surface area contributed by atoms with Crippen LogP contribution in [0.2, 0.25) is 0 Å². The number of amides is 2. The largest absolute Gasteiger partial charge is 0.314 e. The lowest BCUT2D eigenvalue weighted by atomic mass is 10.3. The average Bonchev–Trinajstić information content (AvgIpc) is 2.96. The Balaban J connectivity index is 1.70. The van der Waals surface area contributed by atoms with Crippen molar-refractivity contribution < 1.29 is 9.59 Å². The van der Waals surface area contributed by atoms with Gasteiger partial charge in [-0.15, -0.1) is 0 Å². The molecule has 0 aromatic heterocycles. The second-order valence-electron chi connectivity index (χ2n) is 4.20. The van der Waals surface area contributed by atoms with E-state index < -0.39 is 0 Å². The molecule has 2 rings (SSSR count). The molecule has 4 heteroatoms.